The number of nitrogens with zero attached hydrogens (tertiary/aromatic N) is 1. The molecule has 0 aliphatic rings. The molecule has 0 radical (unpaired) electrons. The molecule has 178 valence electrons. The van der Waals surface area contributed by atoms with E-state index in [1.54, 1.807) is 19.1 Å². The van der Waals surface area contributed by atoms with E-state index in [4.69, 9.17) is 9.47 Å². The number of ether oxygens (including phenoxy) is 2. The van der Waals surface area contributed by atoms with E-state index in [-0.39, 0.29) is 25.0 Å². The monoisotopic (exact) mass is 460 g/mol. The number of likely N-dealkylation sites (N-methyl/N-ethyl adjacent to an activating group) is 1. The van der Waals surface area contributed by atoms with Crippen molar-refractivity contribution in [3.05, 3.63) is 95.1 Å². The van der Waals surface area contributed by atoms with Crippen molar-refractivity contribution in [1.29, 1.82) is 0 Å². The molecule has 0 heterocycles. The molecule has 1 atom stereocenters. The van der Waals surface area contributed by atoms with Crippen molar-refractivity contribution in [1.82, 2.24) is 10.2 Å². The number of rotatable bonds is 10. The van der Waals surface area contributed by atoms with Crippen LogP contribution in [0, 0.1) is 13.8 Å². The van der Waals surface area contributed by atoms with Gasteiger partial charge in [0.25, 0.3) is 5.91 Å². The minimum atomic E-state index is -0.701. The third-order valence-corrected chi connectivity index (χ3v) is 5.91. The van der Waals surface area contributed by atoms with Crippen LogP contribution in [0.25, 0.3) is 0 Å². The van der Waals surface area contributed by atoms with E-state index in [1.165, 1.54) is 0 Å². The fourth-order valence-electron chi connectivity index (χ4n) is 3.79. The Labute approximate surface area is 201 Å². The smallest absolute Gasteiger partial charge is 0.261 e. The summed E-state index contributed by atoms with van der Waals surface area (Å²) >= 11 is 0. The van der Waals surface area contributed by atoms with Crippen molar-refractivity contribution in [2.24, 2.45) is 0 Å². The Morgan fingerprint density at radius 1 is 0.941 bits per heavy atom. The molecular formula is C28H32N2O4. The molecule has 0 unspecified atom stereocenters. The second kappa shape index (κ2) is 11.9. The van der Waals surface area contributed by atoms with E-state index in [1.807, 2.05) is 86.6 Å². The largest absolute Gasteiger partial charge is 0.497 e. The van der Waals surface area contributed by atoms with Gasteiger partial charge in [0.1, 0.15) is 17.5 Å². The standard InChI is InChI=1S/C28H32N2O4/c1-20-10-8-15-26(21(20)2)34-19-27(31)30(18-23-13-9-14-24(16-23)33-4)25(28(32)29-3)17-22-11-6-5-7-12-22/h5-16,25H,17-19H2,1-4H3,(H,29,32)/t25-/m1/s1. The average molecular weight is 461 g/mol. The number of hydrogen-bond acceptors (Lipinski definition) is 4. The van der Waals surface area contributed by atoms with Crippen LogP contribution in [0.4, 0.5) is 0 Å². The number of methoxy groups -OCH3 is 1. The molecule has 6 nitrogen and oxygen atoms in total. The van der Waals surface area contributed by atoms with Crippen LogP contribution < -0.4 is 14.8 Å². The molecule has 0 spiro atoms. The van der Waals surface area contributed by atoms with E-state index in [0.29, 0.717) is 17.9 Å². The quantitative estimate of drug-likeness (QED) is 0.495. The maximum absolute atomic E-state index is 13.5. The Morgan fingerprint density at radius 3 is 2.35 bits per heavy atom. The summed E-state index contributed by atoms with van der Waals surface area (Å²) in [5.74, 6) is 0.852. The van der Waals surface area contributed by atoms with Gasteiger partial charge in [-0.3, -0.25) is 9.59 Å². The fraction of sp³-hybridized carbons (Fsp3) is 0.286. The maximum atomic E-state index is 13.5. The lowest BCUT2D eigenvalue weighted by molar-refractivity contribution is -0.142. The van der Waals surface area contributed by atoms with E-state index < -0.39 is 6.04 Å². The number of hydrogen-bond donors (Lipinski definition) is 1. The highest BCUT2D eigenvalue weighted by Gasteiger charge is 2.30. The summed E-state index contributed by atoms with van der Waals surface area (Å²) < 4.78 is 11.3. The van der Waals surface area contributed by atoms with Crippen LogP contribution in [-0.4, -0.2) is 43.5 Å². The van der Waals surface area contributed by atoms with Gasteiger partial charge in [0.2, 0.25) is 5.91 Å². The fourth-order valence-corrected chi connectivity index (χ4v) is 3.79. The van der Waals surface area contributed by atoms with Gasteiger partial charge in [-0.25, -0.2) is 0 Å². The predicted molar refractivity (Wildman–Crippen MR) is 133 cm³/mol. The molecule has 3 aromatic carbocycles. The van der Waals surface area contributed by atoms with Gasteiger partial charge < -0.3 is 19.7 Å². The van der Waals surface area contributed by atoms with Gasteiger partial charge >= 0.3 is 0 Å². The average Bonchev–Trinajstić information content (AvgIpc) is 2.87. The third kappa shape index (κ3) is 6.38. The van der Waals surface area contributed by atoms with Crippen LogP contribution >= 0.6 is 0 Å². The number of benzene rings is 3. The highest BCUT2D eigenvalue weighted by atomic mass is 16.5. The van der Waals surface area contributed by atoms with Crippen molar-refractivity contribution in [3.8, 4) is 11.5 Å². The minimum Gasteiger partial charge on any atom is -0.497 e. The number of carbonyl (C=O) groups is 2. The topological polar surface area (TPSA) is 67.9 Å². The molecule has 0 saturated heterocycles. The summed E-state index contributed by atoms with van der Waals surface area (Å²) in [4.78, 5) is 28.1. The van der Waals surface area contributed by atoms with Crippen LogP contribution in [0.1, 0.15) is 22.3 Å². The van der Waals surface area contributed by atoms with Gasteiger partial charge in [0.05, 0.1) is 7.11 Å². The lowest BCUT2D eigenvalue weighted by atomic mass is 10.0. The summed E-state index contributed by atoms with van der Waals surface area (Å²) in [6.45, 7) is 4.04. The summed E-state index contributed by atoms with van der Waals surface area (Å²) in [5.41, 5.74) is 3.91. The second-order valence-electron chi connectivity index (χ2n) is 8.18. The normalized spacial score (nSPS) is 11.4. The van der Waals surface area contributed by atoms with Crippen molar-refractivity contribution in [2.45, 2.75) is 32.9 Å². The SMILES string of the molecule is CNC(=O)[C@@H](Cc1ccccc1)N(Cc1cccc(OC)c1)C(=O)COc1cccc(C)c1C. The Balaban J connectivity index is 1.90. The van der Waals surface area contributed by atoms with E-state index >= 15 is 0 Å². The molecule has 0 aliphatic carbocycles. The first-order chi connectivity index (χ1) is 16.4. The van der Waals surface area contributed by atoms with Gasteiger partial charge in [-0.1, -0.05) is 54.6 Å². The van der Waals surface area contributed by atoms with Crippen molar-refractivity contribution < 1.29 is 19.1 Å². The summed E-state index contributed by atoms with van der Waals surface area (Å²) in [6.07, 6.45) is 0.389. The first-order valence-corrected chi connectivity index (χ1v) is 11.3. The molecule has 34 heavy (non-hydrogen) atoms. The highest BCUT2D eigenvalue weighted by molar-refractivity contribution is 5.88. The van der Waals surface area contributed by atoms with Gasteiger partial charge in [-0.2, -0.15) is 0 Å². The Kier molecular flexibility index (Phi) is 8.68. The Morgan fingerprint density at radius 2 is 1.65 bits per heavy atom. The Bertz CT molecular complexity index is 1110. The molecule has 0 bridgehead atoms. The number of aryl methyl sites for hydroxylation is 1. The van der Waals surface area contributed by atoms with Crippen LogP contribution in [0.2, 0.25) is 0 Å². The van der Waals surface area contributed by atoms with Crippen LogP contribution in [0.15, 0.2) is 72.8 Å². The highest BCUT2D eigenvalue weighted by Crippen LogP contribution is 2.22. The zero-order valence-electron chi connectivity index (χ0n) is 20.2. The molecule has 6 heteroatoms. The van der Waals surface area contributed by atoms with E-state index in [0.717, 1.165) is 22.3 Å². The molecule has 3 rings (SSSR count). The first kappa shape index (κ1) is 24.8. The van der Waals surface area contributed by atoms with Crippen molar-refractivity contribution >= 4 is 11.8 Å². The first-order valence-electron chi connectivity index (χ1n) is 11.3. The molecule has 0 aliphatic heterocycles. The molecule has 3 aromatic rings. The molecule has 0 saturated carbocycles. The van der Waals surface area contributed by atoms with Gasteiger partial charge in [-0.05, 0) is 54.3 Å². The third-order valence-electron chi connectivity index (χ3n) is 5.91. The number of amides is 2. The van der Waals surface area contributed by atoms with Crippen LogP contribution in [0.5, 0.6) is 11.5 Å². The minimum absolute atomic E-state index is 0.170. The Hall–Kier alpha value is -3.80. The number of nitrogens with one attached hydrogen (secondary N) is 1. The van der Waals surface area contributed by atoms with E-state index in [9.17, 15) is 9.59 Å². The van der Waals surface area contributed by atoms with Crippen molar-refractivity contribution in [2.75, 3.05) is 20.8 Å². The lowest BCUT2D eigenvalue weighted by Crippen LogP contribution is -2.51. The number of carbonyl (C=O) groups excluding carboxylic acids is 2. The van der Waals surface area contributed by atoms with Gasteiger partial charge in [-0.15, -0.1) is 0 Å². The summed E-state index contributed by atoms with van der Waals surface area (Å²) in [7, 11) is 3.18. The molecule has 0 aromatic heterocycles. The molecular weight excluding hydrogens is 428 g/mol. The van der Waals surface area contributed by atoms with Crippen LogP contribution in [0.3, 0.4) is 0 Å². The van der Waals surface area contributed by atoms with Gasteiger partial charge in [0, 0.05) is 20.0 Å². The molecule has 1 N–H and O–H groups in total. The lowest BCUT2D eigenvalue weighted by Gasteiger charge is -2.31. The molecule has 0 fully saturated rings. The second-order valence-corrected chi connectivity index (χ2v) is 8.18. The van der Waals surface area contributed by atoms with Gasteiger partial charge in [0.15, 0.2) is 6.61 Å². The van der Waals surface area contributed by atoms with Crippen molar-refractivity contribution in [3.63, 3.8) is 0 Å². The maximum Gasteiger partial charge on any atom is 0.261 e. The summed E-state index contributed by atoms with van der Waals surface area (Å²) in [6, 6.07) is 22.2. The predicted octanol–water partition coefficient (Wildman–Crippen LogP) is 4.08. The zero-order valence-corrected chi connectivity index (χ0v) is 20.2. The van der Waals surface area contributed by atoms with E-state index in [2.05, 4.69) is 5.32 Å². The zero-order chi connectivity index (χ0) is 24.5. The molecule has 2 amide bonds. The summed E-state index contributed by atoms with van der Waals surface area (Å²) in [5, 5.41) is 2.72. The van der Waals surface area contributed by atoms with Crippen LogP contribution in [-0.2, 0) is 22.6 Å².